The normalized spacial score (nSPS) is 22.0. The standard InChI is InChI=1S/C16H29N3O3/c1-2-15(21)12-17-5-3-14(4-6-17)11-18-7-9-19(10-8-18)16(22)13-20/h14,20H,2-13H2,1H3. The molecule has 2 heterocycles. The van der Waals surface area contributed by atoms with E-state index < -0.39 is 0 Å². The monoisotopic (exact) mass is 311 g/mol. The highest BCUT2D eigenvalue weighted by molar-refractivity contribution is 5.80. The Bertz CT molecular complexity index is 373. The zero-order chi connectivity index (χ0) is 15.9. The topological polar surface area (TPSA) is 64.1 Å². The number of nitrogens with zero attached hydrogens (tertiary/aromatic N) is 3. The summed E-state index contributed by atoms with van der Waals surface area (Å²) in [6.07, 6.45) is 2.95. The predicted molar refractivity (Wildman–Crippen MR) is 84.6 cm³/mol. The molecule has 0 saturated carbocycles. The SMILES string of the molecule is CCC(=O)CN1CCC(CN2CCN(C(=O)CO)CC2)CC1. The zero-order valence-electron chi connectivity index (χ0n) is 13.7. The first-order valence-electron chi connectivity index (χ1n) is 8.47. The van der Waals surface area contributed by atoms with Crippen LogP contribution in [-0.2, 0) is 9.59 Å². The molecule has 0 atom stereocenters. The van der Waals surface area contributed by atoms with Crippen molar-refractivity contribution in [1.82, 2.24) is 14.7 Å². The number of aliphatic hydroxyl groups excluding tert-OH is 1. The van der Waals surface area contributed by atoms with E-state index in [4.69, 9.17) is 5.11 Å². The number of piperazine rings is 1. The number of aliphatic hydroxyl groups is 1. The van der Waals surface area contributed by atoms with E-state index in [2.05, 4.69) is 9.80 Å². The first-order chi connectivity index (χ1) is 10.6. The molecule has 0 unspecified atom stereocenters. The Hall–Kier alpha value is -0.980. The van der Waals surface area contributed by atoms with Gasteiger partial charge < -0.3 is 10.0 Å². The first-order valence-corrected chi connectivity index (χ1v) is 8.47. The van der Waals surface area contributed by atoms with Crippen molar-refractivity contribution in [2.24, 2.45) is 5.92 Å². The van der Waals surface area contributed by atoms with Gasteiger partial charge in [-0.2, -0.15) is 0 Å². The van der Waals surface area contributed by atoms with Crippen molar-refractivity contribution in [3.05, 3.63) is 0 Å². The van der Waals surface area contributed by atoms with Crippen LogP contribution in [0.1, 0.15) is 26.2 Å². The second-order valence-corrected chi connectivity index (χ2v) is 6.45. The first kappa shape index (κ1) is 17.4. The number of rotatable bonds is 6. The summed E-state index contributed by atoms with van der Waals surface area (Å²) >= 11 is 0. The van der Waals surface area contributed by atoms with Gasteiger partial charge in [0.2, 0.25) is 5.91 Å². The van der Waals surface area contributed by atoms with Crippen molar-refractivity contribution in [1.29, 1.82) is 0 Å². The molecule has 0 aliphatic carbocycles. The number of carbonyl (C=O) groups excluding carboxylic acids is 2. The molecule has 2 aliphatic rings. The summed E-state index contributed by atoms with van der Waals surface area (Å²) in [7, 11) is 0. The van der Waals surface area contributed by atoms with Crippen LogP contribution in [0.4, 0.5) is 0 Å². The number of carbonyl (C=O) groups is 2. The van der Waals surface area contributed by atoms with Crippen LogP contribution < -0.4 is 0 Å². The van der Waals surface area contributed by atoms with Crippen LogP contribution in [0, 0.1) is 5.92 Å². The highest BCUT2D eigenvalue weighted by Crippen LogP contribution is 2.19. The van der Waals surface area contributed by atoms with Crippen molar-refractivity contribution < 1.29 is 14.7 Å². The lowest BCUT2D eigenvalue weighted by molar-refractivity contribution is -0.136. The van der Waals surface area contributed by atoms with Crippen LogP contribution in [-0.4, -0.2) is 90.5 Å². The molecule has 2 rings (SSSR count). The molecule has 0 aromatic carbocycles. The Morgan fingerprint density at radius 2 is 1.64 bits per heavy atom. The molecule has 22 heavy (non-hydrogen) atoms. The highest BCUT2D eigenvalue weighted by atomic mass is 16.3. The maximum Gasteiger partial charge on any atom is 0.248 e. The molecule has 2 aliphatic heterocycles. The van der Waals surface area contributed by atoms with Gasteiger partial charge in [0.1, 0.15) is 12.4 Å². The summed E-state index contributed by atoms with van der Waals surface area (Å²) in [5.41, 5.74) is 0. The molecule has 0 aromatic heterocycles. The van der Waals surface area contributed by atoms with Crippen LogP contribution in [0.5, 0.6) is 0 Å². The smallest absolute Gasteiger partial charge is 0.248 e. The third-order valence-corrected chi connectivity index (χ3v) is 4.88. The minimum Gasteiger partial charge on any atom is -0.387 e. The maximum absolute atomic E-state index is 11.5. The molecule has 0 spiro atoms. The summed E-state index contributed by atoms with van der Waals surface area (Å²) < 4.78 is 0. The van der Waals surface area contributed by atoms with E-state index in [0.717, 1.165) is 58.7 Å². The lowest BCUT2D eigenvalue weighted by Crippen LogP contribution is -2.51. The molecule has 6 heteroatoms. The predicted octanol–water partition coefficient (Wildman–Crippen LogP) is -0.186. The molecule has 1 amide bonds. The van der Waals surface area contributed by atoms with Crippen molar-refractivity contribution in [3.63, 3.8) is 0 Å². The molecule has 0 bridgehead atoms. The van der Waals surface area contributed by atoms with E-state index in [-0.39, 0.29) is 12.5 Å². The lowest BCUT2D eigenvalue weighted by Gasteiger charge is -2.38. The van der Waals surface area contributed by atoms with Crippen LogP contribution in [0.25, 0.3) is 0 Å². The van der Waals surface area contributed by atoms with E-state index in [1.807, 2.05) is 6.92 Å². The summed E-state index contributed by atoms with van der Waals surface area (Å²) in [6.45, 7) is 8.57. The van der Waals surface area contributed by atoms with Gasteiger partial charge in [-0.1, -0.05) is 6.92 Å². The van der Waals surface area contributed by atoms with Crippen molar-refractivity contribution in [2.75, 3.05) is 59.0 Å². The molecule has 6 nitrogen and oxygen atoms in total. The molecule has 2 fully saturated rings. The molecule has 1 N–H and O–H groups in total. The van der Waals surface area contributed by atoms with Crippen LogP contribution in [0.3, 0.4) is 0 Å². The maximum atomic E-state index is 11.5. The number of amides is 1. The minimum absolute atomic E-state index is 0.159. The summed E-state index contributed by atoms with van der Waals surface area (Å²) in [5.74, 6) is 0.879. The molecule has 0 radical (unpaired) electrons. The Labute approximate surface area is 133 Å². The summed E-state index contributed by atoms with van der Waals surface area (Å²) in [4.78, 5) is 29.4. The number of piperidine rings is 1. The molecule has 126 valence electrons. The van der Waals surface area contributed by atoms with Crippen LogP contribution in [0.15, 0.2) is 0 Å². The van der Waals surface area contributed by atoms with Gasteiger partial charge in [0, 0.05) is 39.1 Å². The van der Waals surface area contributed by atoms with Crippen molar-refractivity contribution >= 4 is 11.7 Å². The highest BCUT2D eigenvalue weighted by Gasteiger charge is 2.25. The fourth-order valence-electron chi connectivity index (χ4n) is 3.33. The van der Waals surface area contributed by atoms with Gasteiger partial charge in [-0.3, -0.25) is 19.4 Å². The van der Waals surface area contributed by atoms with Crippen molar-refractivity contribution in [3.8, 4) is 0 Å². The van der Waals surface area contributed by atoms with Crippen LogP contribution >= 0.6 is 0 Å². The number of ketones is 1. The number of hydrogen-bond acceptors (Lipinski definition) is 5. The largest absolute Gasteiger partial charge is 0.387 e. The average Bonchev–Trinajstić information content (AvgIpc) is 2.56. The third kappa shape index (κ3) is 5.04. The van der Waals surface area contributed by atoms with E-state index in [0.29, 0.717) is 24.7 Å². The van der Waals surface area contributed by atoms with Gasteiger partial charge >= 0.3 is 0 Å². The van der Waals surface area contributed by atoms with Gasteiger partial charge in [-0.25, -0.2) is 0 Å². The van der Waals surface area contributed by atoms with E-state index >= 15 is 0 Å². The molecular formula is C16H29N3O3. The van der Waals surface area contributed by atoms with Gasteiger partial charge in [-0.05, 0) is 31.8 Å². The second-order valence-electron chi connectivity index (χ2n) is 6.45. The van der Waals surface area contributed by atoms with Crippen molar-refractivity contribution in [2.45, 2.75) is 26.2 Å². The van der Waals surface area contributed by atoms with E-state index in [1.54, 1.807) is 4.90 Å². The molecule has 2 saturated heterocycles. The Morgan fingerprint density at radius 1 is 1.00 bits per heavy atom. The Morgan fingerprint density at radius 3 is 2.18 bits per heavy atom. The fraction of sp³-hybridized carbons (Fsp3) is 0.875. The fourth-order valence-corrected chi connectivity index (χ4v) is 3.33. The van der Waals surface area contributed by atoms with Gasteiger partial charge in [0.15, 0.2) is 0 Å². The Kier molecular flexibility index (Phi) is 6.79. The number of Topliss-reactive ketones (excluding diaryl/α,β-unsaturated/α-hetero) is 1. The molecular weight excluding hydrogens is 282 g/mol. The number of likely N-dealkylation sites (tertiary alicyclic amines) is 1. The van der Waals surface area contributed by atoms with E-state index in [1.165, 1.54) is 0 Å². The van der Waals surface area contributed by atoms with Crippen LogP contribution in [0.2, 0.25) is 0 Å². The molecule has 0 aromatic rings. The quantitative estimate of drug-likeness (QED) is 0.737. The number of hydrogen-bond donors (Lipinski definition) is 1. The average molecular weight is 311 g/mol. The zero-order valence-corrected chi connectivity index (χ0v) is 13.7. The van der Waals surface area contributed by atoms with Gasteiger partial charge in [0.25, 0.3) is 0 Å². The minimum atomic E-state index is -0.380. The lowest BCUT2D eigenvalue weighted by atomic mass is 9.95. The summed E-state index contributed by atoms with van der Waals surface area (Å²) in [6, 6.07) is 0. The van der Waals surface area contributed by atoms with Gasteiger partial charge in [0.05, 0.1) is 6.54 Å². The third-order valence-electron chi connectivity index (χ3n) is 4.88. The van der Waals surface area contributed by atoms with Gasteiger partial charge in [-0.15, -0.1) is 0 Å². The summed E-state index contributed by atoms with van der Waals surface area (Å²) in [5, 5.41) is 8.89. The second kappa shape index (κ2) is 8.60. The van der Waals surface area contributed by atoms with E-state index in [9.17, 15) is 9.59 Å². The Balaban J connectivity index is 1.65.